The molecule has 0 saturated carbocycles. The lowest BCUT2D eigenvalue weighted by Gasteiger charge is -2.24. The van der Waals surface area contributed by atoms with E-state index in [0.717, 1.165) is 5.69 Å². The van der Waals surface area contributed by atoms with Gasteiger partial charge in [-0.15, -0.1) is 0 Å². The van der Waals surface area contributed by atoms with Gasteiger partial charge in [-0.3, -0.25) is 4.79 Å². The van der Waals surface area contributed by atoms with Gasteiger partial charge < -0.3 is 14.4 Å². The minimum Gasteiger partial charge on any atom is -0.454 e. The van der Waals surface area contributed by atoms with E-state index in [9.17, 15) is 13.2 Å². The number of aliphatic imine (C=N–C) groups is 1. The Bertz CT molecular complexity index is 1170. The molecule has 156 valence electrons. The largest absolute Gasteiger partial charge is 0.454 e. The van der Waals surface area contributed by atoms with Crippen LogP contribution in [-0.2, 0) is 21.1 Å². The molecule has 0 aliphatic carbocycles. The highest BCUT2D eigenvalue weighted by Gasteiger charge is 2.49. The van der Waals surface area contributed by atoms with E-state index in [-0.39, 0.29) is 41.9 Å². The van der Waals surface area contributed by atoms with Crippen molar-refractivity contribution in [3.05, 3.63) is 53.1 Å². The highest BCUT2D eigenvalue weighted by atomic mass is 35.5. The van der Waals surface area contributed by atoms with Crippen LogP contribution in [0.4, 0.5) is 5.69 Å². The molecule has 0 spiro atoms. The lowest BCUT2D eigenvalue weighted by molar-refractivity contribution is -0.117. The van der Waals surface area contributed by atoms with Crippen LogP contribution in [0.25, 0.3) is 0 Å². The average Bonchev–Trinajstić information content (AvgIpc) is 3.34. The van der Waals surface area contributed by atoms with Gasteiger partial charge >= 0.3 is 0 Å². The van der Waals surface area contributed by atoms with E-state index in [2.05, 4.69) is 4.99 Å². The predicted molar refractivity (Wildman–Crippen MR) is 116 cm³/mol. The maximum absolute atomic E-state index is 12.7. The molecule has 2 aromatic carbocycles. The van der Waals surface area contributed by atoms with Crippen molar-refractivity contribution in [2.24, 2.45) is 4.99 Å². The number of hydrogen-bond donors (Lipinski definition) is 0. The monoisotopic (exact) mass is 464 g/mol. The highest BCUT2D eigenvalue weighted by Crippen LogP contribution is 2.44. The molecule has 3 aliphatic heterocycles. The first-order valence-corrected chi connectivity index (χ1v) is 12.4. The number of thioether (sulfide) groups is 1. The number of sulfone groups is 1. The summed E-state index contributed by atoms with van der Waals surface area (Å²) in [6.45, 7) is 0.144. The molecule has 0 bridgehead atoms. The molecule has 2 fully saturated rings. The molecule has 2 atom stereocenters. The second-order valence-electron chi connectivity index (χ2n) is 7.26. The smallest absolute Gasteiger partial charge is 0.252 e. The molecular weight excluding hydrogens is 448 g/mol. The summed E-state index contributed by atoms with van der Waals surface area (Å²) in [4.78, 5) is 18.9. The fourth-order valence-corrected chi connectivity index (χ4v) is 7.99. The Kier molecular flexibility index (Phi) is 4.91. The zero-order valence-corrected chi connectivity index (χ0v) is 18.0. The molecule has 5 rings (SSSR count). The molecule has 0 N–H and O–H groups in total. The van der Waals surface area contributed by atoms with Crippen molar-refractivity contribution >= 4 is 50.0 Å². The zero-order chi connectivity index (χ0) is 20.9. The summed E-state index contributed by atoms with van der Waals surface area (Å²) in [7, 11) is -3.14. The summed E-state index contributed by atoms with van der Waals surface area (Å²) in [5.74, 6) is 0.981. The number of hydrogen-bond acceptors (Lipinski definition) is 6. The molecule has 7 nitrogen and oxygen atoms in total. The molecule has 1 amide bonds. The van der Waals surface area contributed by atoms with Crippen LogP contribution < -0.4 is 14.4 Å². The van der Waals surface area contributed by atoms with Crippen LogP contribution >= 0.6 is 23.4 Å². The molecular formula is C20H17ClN2O5S2. The summed E-state index contributed by atoms with van der Waals surface area (Å²) in [5, 5.41) is 0.837. The first-order valence-electron chi connectivity index (χ1n) is 9.30. The standard InChI is InChI=1S/C20H17ClN2O5S2/c21-14-4-2-1-3-12(14)7-19(24)22-20-23(15-9-30(25,26)10-18(15)29-20)13-5-6-16-17(8-13)28-11-27-16/h1-6,8,15,18H,7,9-11H2/t15-,18+/m1/s1. The van der Waals surface area contributed by atoms with Crippen LogP contribution in [0.1, 0.15) is 5.56 Å². The zero-order valence-electron chi connectivity index (χ0n) is 15.7. The third kappa shape index (κ3) is 3.66. The van der Waals surface area contributed by atoms with E-state index >= 15 is 0 Å². The van der Waals surface area contributed by atoms with E-state index in [1.807, 2.05) is 17.0 Å². The number of halogens is 1. The van der Waals surface area contributed by atoms with Crippen molar-refractivity contribution in [2.75, 3.05) is 23.2 Å². The fraction of sp³-hybridized carbons (Fsp3) is 0.300. The molecule has 30 heavy (non-hydrogen) atoms. The number of amides is 1. The third-order valence-corrected chi connectivity index (χ3v) is 8.80. The molecule has 0 radical (unpaired) electrons. The molecule has 0 unspecified atom stereocenters. The molecule has 2 aromatic rings. The van der Waals surface area contributed by atoms with Crippen molar-refractivity contribution in [3.8, 4) is 11.5 Å². The maximum Gasteiger partial charge on any atom is 0.252 e. The second kappa shape index (κ2) is 7.47. The van der Waals surface area contributed by atoms with E-state index < -0.39 is 9.84 Å². The highest BCUT2D eigenvalue weighted by molar-refractivity contribution is 8.16. The van der Waals surface area contributed by atoms with Crippen LogP contribution in [0, 0.1) is 0 Å². The van der Waals surface area contributed by atoms with Gasteiger partial charge in [0.25, 0.3) is 5.91 Å². The number of fused-ring (bicyclic) bond motifs is 2. The van der Waals surface area contributed by atoms with E-state index in [1.165, 1.54) is 11.8 Å². The number of nitrogens with zero attached hydrogens (tertiary/aromatic N) is 2. The molecule has 3 heterocycles. The van der Waals surface area contributed by atoms with Gasteiger partial charge in [0.1, 0.15) is 0 Å². The Morgan fingerprint density at radius 3 is 2.80 bits per heavy atom. The van der Waals surface area contributed by atoms with E-state index in [0.29, 0.717) is 27.3 Å². The number of rotatable bonds is 3. The Balaban J connectivity index is 1.48. The summed E-state index contributed by atoms with van der Waals surface area (Å²) >= 11 is 7.50. The van der Waals surface area contributed by atoms with Crippen LogP contribution in [0.2, 0.25) is 5.02 Å². The Morgan fingerprint density at radius 2 is 1.97 bits per heavy atom. The number of amidine groups is 1. The fourth-order valence-electron chi connectivity index (χ4n) is 3.85. The van der Waals surface area contributed by atoms with Gasteiger partial charge in [0.05, 0.1) is 24.0 Å². The summed E-state index contributed by atoms with van der Waals surface area (Å²) in [6, 6.07) is 12.3. The van der Waals surface area contributed by atoms with Crippen LogP contribution in [0.15, 0.2) is 47.5 Å². The minimum absolute atomic E-state index is 0.0246. The van der Waals surface area contributed by atoms with Crippen molar-refractivity contribution in [2.45, 2.75) is 17.7 Å². The van der Waals surface area contributed by atoms with Crippen LogP contribution in [0.3, 0.4) is 0 Å². The SMILES string of the molecule is O=C(Cc1ccccc1Cl)N=C1S[C@H]2CS(=O)(=O)C[C@H]2N1c1ccc2c(c1)OCO2. The van der Waals surface area contributed by atoms with Gasteiger partial charge in [-0.25, -0.2) is 8.42 Å². The first kappa shape index (κ1) is 19.7. The van der Waals surface area contributed by atoms with Crippen molar-refractivity contribution < 1.29 is 22.7 Å². The average molecular weight is 465 g/mol. The predicted octanol–water partition coefficient (Wildman–Crippen LogP) is 2.91. The Morgan fingerprint density at radius 1 is 1.17 bits per heavy atom. The third-order valence-electron chi connectivity index (χ3n) is 5.22. The molecule has 0 aromatic heterocycles. The van der Waals surface area contributed by atoms with Crippen molar-refractivity contribution in [3.63, 3.8) is 0 Å². The van der Waals surface area contributed by atoms with Gasteiger partial charge in [0, 0.05) is 22.0 Å². The lowest BCUT2D eigenvalue weighted by Crippen LogP contribution is -2.37. The lowest BCUT2D eigenvalue weighted by atomic mass is 10.1. The summed E-state index contributed by atoms with van der Waals surface area (Å²) in [6.07, 6.45) is 0.0757. The molecule has 2 saturated heterocycles. The molecule has 3 aliphatic rings. The van der Waals surface area contributed by atoms with Crippen LogP contribution in [0.5, 0.6) is 11.5 Å². The number of anilines is 1. The van der Waals surface area contributed by atoms with Crippen molar-refractivity contribution in [1.82, 2.24) is 0 Å². The van der Waals surface area contributed by atoms with Gasteiger partial charge in [0.2, 0.25) is 6.79 Å². The second-order valence-corrected chi connectivity index (χ2v) is 11.0. The van der Waals surface area contributed by atoms with Gasteiger partial charge in [-0.1, -0.05) is 41.6 Å². The maximum atomic E-state index is 12.7. The first-order chi connectivity index (χ1) is 14.4. The summed E-state index contributed by atoms with van der Waals surface area (Å²) in [5.41, 5.74) is 1.43. The van der Waals surface area contributed by atoms with Crippen molar-refractivity contribution in [1.29, 1.82) is 0 Å². The number of carbonyl (C=O) groups excluding carboxylic acids is 1. The number of ether oxygens (including phenoxy) is 2. The topological polar surface area (TPSA) is 85.3 Å². The van der Waals surface area contributed by atoms with Gasteiger partial charge in [-0.05, 0) is 23.8 Å². The van der Waals surface area contributed by atoms with Crippen LogP contribution in [-0.4, -0.2) is 49.1 Å². The molecule has 10 heteroatoms. The Hall–Kier alpha value is -2.23. The van der Waals surface area contributed by atoms with E-state index in [4.69, 9.17) is 21.1 Å². The normalized spacial score (nSPS) is 25.0. The number of benzene rings is 2. The Labute approximate surface area is 182 Å². The number of carbonyl (C=O) groups is 1. The quantitative estimate of drug-likeness (QED) is 0.690. The van der Waals surface area contributed by atoms with Gasteiger partial charge in [0.15, 0.2) is 26.5 Å². The van der Waals surface area contributed by atoms with E-state index in [1.54, 1.807) is 30.3 Å². The minimum atomic E-state index is -3.14. The summed E-state index contributed by atoms with van der Waals surface area (Å²) < 4.78 is 35.2. The van der Waals surface area contributed by atoms with Gasteiger partial charge in [-0.2, -0.15) is 4.99 Å².